The van der Waals surface area contributed by atoms with Gasteiger partial charge in [-0.1, -0.05) is 19.9 Å². The second kappa shape index (κ2) is 6.65. The Bertz CT molecular complexity index is 1180. The molecule has 0 saturated heterocycles. The molecule has 0 aliphatic carbocycles. The molecule has 2 aromatic heterocycles. The summed E-state index contributed by atoms with van der Waals surface area (Å²) in [4.78, 5) is 32.7. The second-order valence-electron chi connectivity index (χ2n) is 7.98. The molecule has 0 bridgehead atoms. The van der Waals surface area contributed by atoms with Gasteiger partial charge in [0.1, 0.15) is 0 Å². The van der Waals surface area contributed by atoms with Gasteiger partial charge in [0.05, 0.1) is 0 Å². The highest BCUT2D eigenvalue weighted by Crippen LogP contribution is 2.33. The molecule has 0 fully saturated rings. The van der Waals surface area contributed by atoms with Crippen molar-refractivity contribution in [2.75, 3.05) is 11.4 Å². The zero-order valence-electron chi connectivity index (χ0n) is 17.2. The van der Waals surface area contributed by atoms with Crippen LogP contribution in [-0.4, -0.2) is 25.2 Å². The minimum atomic E-state index is -0.305. The van der Waals surface area contributed by atoms with Gasteiger partial charge in [0.25, 0.3) is 5.56 Å². The maximum atomic E-state index is 13.1. The average Bonchev–Trinajstić information content (AvgIpc) is 3.04. The number of fused-ring (bicyclic) bond motifs is 3. The molecule has 1 aliphatic heterocycles. The number of rotatable bonds is 3. The molecule has 148 valence electrons. The number of hydrogen-bond acceptors (Lipinski definition) is 4. The number of aromatic nitrogens is 4. The molecule has 3 heterocycles. The monoisotopic (exact) mass is 381 g/mol. The first-order chi connectivity index (χ1) is 13.3. The first-order valence-corrected chi connectivity index (χ1v) is 9.88. The third kappa shape index (κ3) is 2.68. The van der Waals surface area contributed by atoms with Gasteiger partial charge in [-0.25, -0.2) is 4.79 Å². The lowest BCUT2D eigenvalue weighted by Crippen LogP contribution is -2.40. The Morgan fingerprint density at radius 3 is 2.57 bits per heavy atom. The first kappa shape index (κ1) is 18.5. The van der Waals surface area contributed by atoms with Crippen molar-refractivity contribution < 1.29 is 0 Å². The minimum Gasteiger partial charge on any atom is -0.312 e. The summed E-state index contributed by atoms with van der Waals surface area (Å²) in [7, 11) is 1.69. The fourth-order valence-electron chi connectivity index (χ4n) is 4.04. The van der Waals surface area contributed by atoms with E-state index in [-0.39, 0.29) is 11.2 Å². The predicted molar refractivity (Wildman–Crippen MR) is 112 cm³/mol. The van der Waals surface area contributed by atoms with Crippen LogP contribution in [0.1, 0.15) is 31.4 Å². The summed E-state index contributed by atoms with van der Waals surface area (Å²) in [5, 5.41) is 0. The summed E-state index contributed by atoms with van der Waals surface area (Å²) in [6.45, 7) is 10.3. The van der Waals surface area contributed by atoms with Gasteiger partial charge in [-0.05, 0) is 49.4 Å². The van der Waals surface area contributed by atoms with E-state index in [0.717, 1.165) is 24.6 Å². The van der Waals surface area contributed by atoms with Crippen molar-refractivity contribution in [1.82, 2.24) is 18.7 Å². The number of aryl methyl sites for hydroxylation is 3. The third-order valence-electron chi connectivity index (χ3n) is 5.69. The lowest BCUT2D eigenvalue weighted by molar-refractivity contribution is 0.457. The van der Waals surface area contributed by atoms with E-state index in [0.29, 0.717) is 30.2 Å². The standard InChI is InChI=1S/C21H27N5O2/c1-6-9-24-19(27)17-18(23(5)21(24)28)22-20-25(11-13(2)12-26(17)20)16-8-7-14(3)15(4)10-16/h7-8,10,13H,6,9,11-12H2,1-5H3/t13-/m0/s1. The fraction of sp³-hybridized carbons (Fsp3) is 0.476. The molecule has 0 N–H and O–H groups in total. The SMILES string of the molecule is CCCn1c(=O)c2c(nc3n2C[C@@H](C)CN3c2ccc(C)c(C)c2)n(C)c1=O. The molecule has 4 rings (SSSR count). The van der Waals surface area contributed by atoms with Crippen molar-refractivity contribution in [2.45, 2.75) is 47.2 Å². The molecule has 3 aromatic rings. The number of anilines is 2. The first-order valence-electron chi connectivity index (χ1n) is 9.88. The number of benzene rings is 1. The largest absolute Gasteiger partial charge is 0.332 e. The highest BCUT2D eigenvalue weighted by molar-refractivity contribution is 5.77. The summed E-state index contributed by atoms with van der Waals surface area (Å²) >= 11 is 0. The third-order valence-corrected chi connectivity index (χ3v) is 5.69. The Hall–Kier alpha value is -2.83. The van der Waals surface area contributed by atoms with Gasteiger partial charge in [0.15, 0.2) is 11.2 Å². The summed E-state index contributed by atoms with van der Waals surface area (Å²) in [5.41, 5.74) is 3.95. The van der Waals surface area contributed by atoms with Gasteiger partial charge in [0, 0.05) is 32.4 Å². The van der Waals surface area contributed by atoms with E-state index in [2.05, 4.69) is 43.9 Å². The van der Waals surface area contributed by atoms with Crippen molar-refractivity contribution >= 4 is 22.8 Å². The van der Waals surface area contributed by atoms with E-state index in [9.17, 15) is 9.59 Å². The molecule has 7 heteroatoms. The lowest BCUT2D eigenvalue weighted by atomic mass is 10.1. The van der Waals surface area contributed by atoms with E-state index in [1.807, 2.05) is 11.5 Å². The molecule has 0 unspecified atom stereocenters. The van der Waals surface area contributed by atoms with Crippen LogP contribution in [0, 0.1) is 19.8 Å². The van der Waals surface area contributed by atoms with Crippen LogP contribution in [0.5, 0.6) is 0 Å². The molecule has 0 spiro atoms. The highest BCUT2D eigenvalue weighted by Gasteiger charge is 2.29. The Morgan fingerprint density at radius 2 is 1.89 bits per heavy atom. The normalized spacial score (nSPS) is 16.6. The van der Waals surface area contributed by atoms with Crippen LogP contribution >= 0.6 is 0 Å². The Kier molecular flexibility index (Phi) is 4.40. The lowest BCUT2D eigenvalue weighted by Gasteiger charge is -2.33. The Balaban J connectivity index is 2.00. The molecular formula is C21H27N5O2. The van der Waals surface area contributed by atoms with Crippen LogP contribution in [0.25, 0.3) is 11.2 Å². The van der Waals surface area contributed by atoms with E-state index in [1.165, 1.54) is 20.3 Å². The molecule has 7 nitrogen and oxygen atoms in total. The molecule has 0 saturated carbocycles. The van der Waals surface area contributed by atoms with Gasteiger partial charge in [0.2, 0.25) is 5.95 Å². The van der Waals surface area contributed by atoms with Crippen molar-refractivity contribution in [3.8, 4) is 0 Å². The van der Waals surface area contributed by atoms with Crippen molar-refractivity contribution in [3.05, 3.63) is 50.2 Å². The summed E-state index contributed by atoms with van der Waals surface area (Å²) in [6.07, 6.45) is 0.729. The van der Waals surface area contributed by atoms with Gasteiger partial charge >= 0.3 is 5.69 Å². The number of nitrogens with zero attached hydrogens (tertiary/aromatic N) is 5. The topological polar surface area (TPSA) is 65.1 Å². The highest BCUT2D eigenvalue weighted by atomic mass is 16.2. The second-order valence-corrected chi connectivity index (χ2v) is 7.98. The molecule has 1 atom stereocenters. The molecule has 1 aromatic carbocycles. The number of hydrogen-bond donors (Lipinski definition) is 0. The average molecular weight is 381 g/mol. The molecule has 1 aliphatic rings. The maximum absolute atomic E-state index is 13.1. The zero-order chi connectivity index (χ0) is 20.2. The van der Waals surface area contributed by atoms with Crippen molar-refractivity contribution in [1.29, 1.82) is 0 Å². The van der Waals surface area contributed by atoms with Gasteiger partial charge in [-0.3, -0.25) is 13.9 Å². The molecule has 0 amide bonds. The quantitative estimate of drug-likeness (QED) is 0.700. The van der Waals surface area contributed by atoms with Crippen LogP contribution in [0.15, 0.2) is 27.8 Å². The molecule has 28 heavy (non-hydrogen) atoms. The number of imidazole rings is 1. The van der Waals surface area contributed by atoms with Crippen LogP contribution in [-0.2, 0) is 20.1 Å². The molecule has 0 radical (unpaired) electrons. The van der Waals surface area contributed by atoms with Crippen LogP contribution < -0.4 is 16.1 Å². The van der Waals surface area contributed by atoms with Crippen molar-refractivity contribution in [3.63, 3.8) is 0 Å². The fourth-order valence-corrected chi connectivity index (χ4v) is 4.04. The van der Waals surface area contributed by atoms with E-state index >= 15 is 0 Å². The Morgan fingerprint density at radius 1 is 1.14 bits per heavy atom. The van der Waals surface area contributed by atoms with Gasteiger partial charge in [-0.15, -0.1) is 0 Å². The van der Waals surface area contributed by atoms with Crippen LogP contribution in [0.4, 0.5) is 11.6 Å². The summed E-state index contributed by atoms with van der Waals surface area (Å²) < 4.78 is 4.82. The predicted octanol–water partition coefficient (Wildman–Crippen LogP) is 2.71. The smallest absolute Gasteiger partial charge is 0.312 e. The summed E-state index contributed by atoms with van der Waals surface area (Å²) in [6, 6.07) is 6.37. The maximum Gasteiger partial charge on any atom is 0.332 e. The Labute approximate surface area is 163 Å². The minimum absolute atomic E-state index is 0.243. The van der Waals surface area contributed by atoms with Gasteiger partial charge in [-0.2, -0.15) is 4.98 Å². The van der Waals surface area contributed by atoms with E-state index < -0.39 is 0 Å². The molecular weight excluding hydrogens is 354 g/mol. The van der Waals surface area contributed by atoms with E-state index in [4.69, 9.17) is 4.98 Å². The summed E-state index contributed by atoms with van der Waals surface area (Å²) in [5.74, 6) is 1.08. The zero-order valence-corrected chi connectivity index (χ0v) is 17.2. The van der Waals surface area contributed by atoms with E-state index in [1.54, 1.807) is 7.05 Å². The van der Waals surface area contributed by atoms with Crippen molar-refractivity contribution in [2.24, 2.45) is 13.0 Å². The van der Waals surface area contributed by atoms with Crippen LogP contribution in [0.3, 0.4) is 0 Å². The van der Waals surface area contributed by atoms with Gasteiger partial charge < -0.3 is 9.47 Å². The van der Waals surface area contributed by atoms with Crippen LogP contribution in [0.2, 0.25) is 0 Å².